The van der Waals surface area contributed by atoms with Gasteiger partial charge in [-0.2, -0.15) is 0 Å². The second-order valence-corrected chi connectivity index (χ2v) is 12.3. The highest BCUT2D eigenvalue weighted by Crippen LogP contribution is 2.29. The van der Waals surface area contributed by atoms with Crippen molar-refractivity contribution in [2.24, 2.45) is 0 Å². The Balaban J connectivity index is 2.88. The quantitative estimate of drug-likeness (QED) is 0.111. The predicted octanol–water partition coefficient (Wildman–Crippen LogP) is 1.97. The monoisotopic (exact) mass is 596 g/mol. The van der Waals surface area contributed by atoms with Crippen molar-refractivity contribution in [2.45, 2.75) is 147 Å². The van der Waals surface area contributed by atoms with Crippen molar-refractivity contribution in [1.82, 2.24) is 0 Å². The second kappa shape index (κ2) is 18.4. The van der Waals surface area contributed by atoms with Crippen LogP contribution in [0.5, 0.6) is 0 Å². The van der Waals surface area contributed by atoms with Crippen molar-refractivity contribution < 1.29 is 54.0 Å². The lowest BCUT2D eigenvalue weighted by molar-refractivity contribution is -0.215. The zero-order valence-corrected chi connectivity index (χ0v) is 26.7. The van der Waals surface area contributed by atoms with Crippen LogP contribution in [0.1, 0.15) is 87.5 Å². The molecule has 0 aliphatic carbocycles. The molecule has 10 atom stereocenters. The highest BCUT2D eigenvalue weighted by molar-refractivity contribution is 4.89. The molecule has 0 radical (unpaired) electrons. The van der Waals surface area contributed by atoms with Gasteiger partial charge in [0.15, 0.2) is 0 Å². The maximum Gasteiger partial charge on any atom is 0.110 e. The molecule has 0 bridgehead atoms. The van der Waals surface area contributed by atoms with Crippen LogP contribution in [0.2, 0.25) is 0 Å². The molecule has 1 heterocycles. The Morgan fingerprint density at radius 1 is 0.805 bits per heavy atom. The summed E-state index contributed by atoms with van der Waals surface area (Å²) in [7, 11) is 0. The van der Waals surface area contributed by atoms with Crippen LogP contribution in [0.3, 0.4) is 0 Å². The third-order valence-corrected chi connectivity index (χ3v) is 8.35. The summed E-state index contributed by atoms with van der Waals surface area (Å²) < 4.78 is 35.7. The molecule has 41 heavy (non-hydrogen) atoms. The van der Waals surface area contributed by atoms with E-state index in [1.54, 1.807) is 6.92 Å². The molecule has 11 heteroatoms. The fourth-order valence-corrected chi connectivity index (χ4v) is 4.55. The van der Waals surface area contributed by atoms with Crippen LogP contribution in [0.4, 0.5) is 0 Å². The number of hydrogen-bond acceptors (Lipinski definition) is 11. The fraction of sp³-hybridized carbons (Fsp3) is 1.00. The summed E-state index contributed by atoms with van der Waals surface area (Å²) in [5, 5.41) is 50.5. The van der Waals surface area contributed by atoms with Crippen LogP contribution in [0.15, 0.2) is 0 Å². The molecule has 0 spiro atoms. The molecule has 246 valence electrons. The lowest BCUT2D eigenvalue weighted by Gasteiger charge is -2.41. The Labute approximate surface area is 247 Å². The minimum absolute atomic E-state index is 0.00917. The van der Waals surface area contributed by atoms with E-state index in [0.29, 0.717) is 32.3 Å². The molecule has 0 aromatic carbocycles. The molecule has 0 aromatic rings. The lowest BCUT2D eigenvalue weighted by atomic mass is 9.93. The molecular formula is C30H60O11. The smallest absolute Gasteiger partial charge is 0.110 e. The Bertz CT molecular complexity index is 691. The van der Waals surface area contributed by atoms with Gasteiger partial charge in [0, 0.05) is 12.8 Å². The molecular weight excluding hydrogens is 536 g/mol. The van der Waals surface area contributed by atoms with E-state index in [-0.39, 0.29) is 45.2 Å². The van der Waals surface area contributed by atoms with Crippen LogP contribution in [-0.2, 0) is 28.4 Å². The molecule has 0 saturated carbocycles. The lowest BCUT2D eigenvalue weighted by Crippen LogP contribution is -2.52. The van der Waals surface area contributed by atoms with E-state index in [2.05, 4.69) is 0 Å². The number of ether oxygens (including phenoxy) is 6. The zero-order chi connectivity index (χ0) is 31.3. The summed E-state index contributed by atoms with van der Waals surface area (Å²) in [4.78, 5) is 0. The maximum atomic E-state index is 11.1. The SMILES string of the molecule is CCC(C)(CC(O)COC(C)(CC)C(COCC(O)CO)OCC(O)C(C)(CC)OCC1CC(C)O1)OCC(C)O. The van der Waals surface area contributed by atoms with E-state index in [0.717, 1.165) is 6.42 Å². The summed E-state index contributed by atoms with van der Waals surface area (Å²) in [6.07, 6.45) is -0.871. The van der Waals surface area contributed by atoms with Gasteiger partial charge in [0.1, 0.15) is 18.3 Å². The molecule has 1 saturated heterocycles. The van der Waals surface area contributed by atoms with Gasteiger partial charge in [-0.05, 0) is 53.9 Å². The van der Waals surface area contributed by atoms with Crippen molar-refractivity contribution in [3.8, 4) is 0 Å². The number of aliphatic hydroxyl groups excluding tert-OH is 5. The Morgan fingerprint density at radius 3 is 1.95 bits per heavy atom. The topological polar surface area (TPSA) is 157 Å². The van der Waals surface area contributed by atoms with Gasteiger partial charge in [-0.15, -0.1) is 0 Å². The Kier molecular flexibility index (Phi) is 17.3. The van der Waals surface area contributed by atoms with Crippen molar-refractivity contribution in [3.05, 3.63) is 0 Å². The normalized spacial score (nSPS) is 25.7. The van der Waals surface area contributed by atoms with Gasteiger partial charge < -0.3 is 54.0 Å². The molecule has 11 nitrogen and oxygen atoms in total. The minimum atomic E-state index is -1.03. The summed E-state index contributed by atoms with van der Waals surface area (Å²) in [5.41, 5.74) is -2.39. The van der Waals surface area contributed by atoms with Gasteiger partial charge in [-0.1, -0.05) is 20.8 Å². The third kappa shape index (κ3) is 13.4. The predicted molar refractivity (Wildman–Crippen MR) is 155 cm³/mol. The Hall–Kier alpha value is -0.440. The van der Waals surface area contributed by atoms with E-state index in [1.165, 1.54) is 0 Å². The molecule has 1 aliphatic rings. The molecule has 0 amide bonds. The highest BCUT2D eigenvalue weighted by Gasteiger charge is 2.40. The van der Waals surface area contributed by atoms with Crippen LogP contribution < -0.4 is 0 Å². The summed E-state index contributed by atoms with van der Waals surface area (Å²) >= 11 is 0. The Morgan fingerprint density at radius 2 is 1.44 bits per heavy atom. The average Bonchev–Trinajstić information content (AvgIpc) is 2.93. The highest BCUT2D eigenvalue weighted by atomic mass is 16.6. The summed E-state index contributed by atoms with van der Waals surface area (Å²) in [6, 6.07) is 0. The van der Waals surface area contributed by atoms with E-state index in [1.807, 2.05) is 48.5 Å². The number of hydrogen-bond donors (Lipinski definition) is 5. The van der Waals surface area contributed by atoms with Crippen molar-refractivity contribution >= 4 is 0 Å². The van der Waals surface area contributed by atoms with E-state index >= 15 is 0 Å². The fourth-order valence-electron chi connectivity index (χ4n) is 4.55. The molecule has 1 aliphatic heterocycles. The first-order valence-electron chi connectivity index (χ1n) is 15.3. The van der Waals surface area contributed by atoms with E-state index in [4.69, 9.17) is 33.5 Å². The second-order valence-electron chi connectivity index (χ2n) is 12.3. The maximum absolute atomic E-state index is 11.1. The molecule has 5 N–H and O–H groups in total. The molecule has 1 fully saturated rings. The summed E-state index contributed by atoms with van der Waals surface area (Å²) in [6.45, 7) is 15.2. The van der Waals surface area contributed by atoms with Crippen molar-refractivity contribution in [3.63, 3.8) is 0 Å². The van der Waals surface area contributed by atoms with E-state index < -0.39 is 53.9 Å². The minimum Gasteiger partial charge on any atom is -0.394 e. The molecule has 0 aromatic heterocycles. The average molecular weight is 597 g/mol. The molecule has 10 unspecified atom stereocenters. The largest absolute Gasteiger partial charge is 0.394 e. The van der Waals surface area contributed by atoms with Crippen LogP contribution >= 0.6 is 0 Å². The third-order valence-electron chi connectivity index (χ3n) is 8.35. The first-order chi connectivity index (χ1) is 19.2. The van der Waals surface area contributed by atoms with Gasteiger partial charge in [-0.25, -0.2) is 0 Å². The standard InChI is InChI=1S/C30H60O11/c1-9-28(6,38-15-21(4)32)13-23(33)17-39-30(8,11-3)27(20-36-16-24(34)14-31)37-19-26(35)29(7,10-2)40-18-25-12-22(5)41-25/h21-27,31-35H,9-20H2,1-8H3. The van der Waals surface area contributed by atoms with E-state index in [9.17, 15) is 20.4 Å². The summed E-state index contributed by atoms with van der Waals surface area (Å²) in [5.74, 6) is 0. The zero-order valence-electron chi connectivity index (χ0n) is 26.7. The van der Waals surface area contributed by atoms with Crippen molar-refractivity contribution in [2.75, 3.05) is 46.2 Å². The van der Waals surface area contributed by atoms with Gasteiger partial charge in [0.05, 0.1) is 87.5 Å². The van der Waals surface area contributed by atoms with Crippen LogP contribution in [-0.4, -0.2) is 131 Å². The van der Waals surface area contributed by atoms with Gasteiger partial charge in [0.2, 0.25) is 0 Å². The number of rotatable bonds is 24. The van der Waals surface area contributed by atoms with Gasteiger partial charge >= 0.3 is 0 Å². The van der Waals surface area contributed by atoms with Gasteiger partial charge in [-0.3, -0.25) is 0 Å². The number of aliphatic hydroxyl groups is 5. The van der Waals surface area contributed by atoms with Gasteiger partial charge in [0.25, 0.3) is 0 Å². The van der Waals surface area contributed by atoms with Crippen LogP contribution in [0.25, 0.3) is 0 Å². The first-order valence-corrected chi connectivity index (χ1v) is 15.3. The molecule has 1 rings (SSSR count). The first kappa shape index (κ1) is 38.6. The van der Waals surface area contributed by atoms with Crippen molar-refractivity contribution in [1.29, 1.82) is 0 Å². The van der Waals surface area contributed by atoms with Crippen LogP contribution in [0, 0.1) is 0 Å².